The third kappa shape index (κ3) is 46.7. The van der Waals surface area contributed by atoms with Crippen LogP contribution in [0.1, 0.15) is 303 Å². The number of nitrogens with one attached hydrogen (secondary N) is 1. The van der Waals surface area contributed by atoms with E-state index in [2.05, 4.69) is 50.4 Å². The SMILES string of the molecule is CCCCC/C=C\C/C=C\CCCCCCCC(CC(=O)NC(CO)C(O)CCCCCCCCCCCCCCCCCCC)OC(=O)CCCCCCCCCCCCCC. The molecule has 0 aliphatic rings. The Morgan fingerprint density at radius 2 is 0.810 bits per heavy atom. The number of carbonyl (C=O) groups excluding carboxylic acids is 2. The number of hydrogen-bond donors (Lipinski definition) is 3. The third-order valence-electron chi connectivity index (χ3n) is 13.0. The van der Waals surface area contributed by atoms with E-state index in [0.717, 1.165) is 64.2 Å². The lowest BCUT2D eigenvalue weighted by Gasteiger charge is -2.24. The molecule has 0 aromatic rings. The highest BCUT2D eigenvalue weighted by atomic mass is 16.5. The summed E-state index contributed by atoms with van der Waals surface area (Å²) in [5.74, 6) is -0.471. The summed E-state index contributed by atoms with van der Waals surface area (Å²) in [5, 5.41) is 23.9. The molecule has 0 saturated carbocycles. The second-order valence-corrected chi connectivity index (χ2v) is 19.3. The van der Waals surface area contributed by atoms with Crippen LogP contribution >= 0.6 is 0 Å². The lowest BCUT2D eigenvalue weighted by Crippen LogP contribution is -2.46. The van der Waals surface area contributed by atoms with Gasteiger partial charge in [-0.25, -0.2) is 0 Å². The maximum atomic E-state index is 13.2. The fraction of sp³-hybridized carbons (Fsp3) is 0.895. The van der Waals surface area contributed by atoms with Crippen molar-refractivity contribution in [3.63, 3.8) is 0 Å². The van der Waals surface area contributed by atoms with Gasteiger partial charge in [0, 0.05) is 6.42 Å². The first-order valence-electron chi connectivity index (χ1n) is 28.1. The smallest absolute Gasteiger partial charge is 0.306 e. The highest BCUT2D eigenvalue weighted by molar-refractivity contribution is 5.77. The Bertz CT molecular complexity index is 997. The summed E-state index contributed by atoms with van der Waals surface area (Å²) in [7, 11) is 0. The first-order valence-corrected chi connectivity index (χ1v) is 28.1. The minimum Gasteiger partial charge on any atom is -0.462 e. The number of amides is 1. The summed E-state index contributed by atoms with van der Waals surface area (Å²) in [6.07, 6.45) is 59.5. The lowest BCUT2D eigenvalue weighted by atomic mass is 10.0. The van der Waals surface area contributed by atoms with Crippen molar-refractivity contribution in [2.45, 2.75) is 322 Å². The van der Waals surface area contributed by atoms with Gasteiger partial charge in [0.15, 0.2) is 0 Å². The Kier molecular flexibility index (Phi) is 50.0. The number of allylic oxidation sites excluding steroid dienone is 4. The average Bonchev–Trinajstić information content (AvgIpc) is 3.28. The van der Waals surface area contributed by atoms with Crippen molar-refractivity contribution >= 4 is 11.9 Å². The van der Waals surface area contributed by atoms with Crippen molar-refractivity contribution in [1.29, 1.82) is 0 Å². The van der Waals surface area contributed by atoms with Gasteiger partial charge < -0.3 is 20.3 Å². The number of esters is 1. The van der Waals surface area contributed by atoms with Crippen molar-refractivity contribution in [1.82, 2.24) is 5.32 Å². The average molecular weight is 889 g/mol. The van der Waals surface area contributed by atoms with Crippen LogP contribution in [-0.4, -0.2) is 46.9 Å². The van der Waals surface area contributed by atoms with E-state index in [-0.39, 0.29) is 24.9 Å². The van der Waals surface area contributed by atoms with Crippen LogP contribution in [0, 0.1) is 0 Å². The van der Waals surface area contributed by atoms with Crippen molar-refractivity contribution < 1.29 is 24.5 Å². The first kappa shape index (κ1) is 61.3. The fourth-order valence-corrected chi connectivity index (χ4v) is 8.76. The number of ether oxygens (including phenoxy) is 1. The number of rotatable bonds is 51. The summed E-state index contributed by atoms with van der Waals surface area (Å²) in [5.41, 5.74) is 0. The summed E-state index contributed by atoms with van der Waals surface area (Å²) in [6.45, 7) is 6.48. The number of hydrogen-bond acceptors (Lipinski definition) is 5. The molecule has 3 atom stereocenters. The molecule has 0 aromatic carbocycles. The largest absolute Gasteiger partial charge is 0.462 e. The van der Waals surface area contributed by atoms with Crippen molar-refractivity contribution in [2.75, 3.05) is 6.61 Å². The van der Waals surface area contributed by atoms with E-state index in [1.54, 1.807) is 0 Å². The molecule has 0 fully saturated rings. The van der Waals surface area contributed by atoms with E-state index < -0.39 is 18.2 Å². The van der Waals surface area contributed by atoms with Crippen molar-refractivity contribution in [3.8, 4) is 0 Å². The molecular weight excluding hydrogens is 779 g/mol. The van der Waals surface area contributed by atoms with Crippen molar-refractivity contribution in [2.24, 2.45) is 0 Å². The molecule has 0 aromatic heterocycles. The molecular formula is C57H109NO5. The lowest BCUT2D eigenvalue weighted by molar-refractivity contribution is -0.151. The van der Waals surface area contributed by atoms with E-state index >= 15 is 0 Å². The van der Waals surface area contributed by atoms with Crippen LogP contribution in [0.4, 0.5) is 0 Å². The van der Waals surface area contributed by atoms with Crippen LogP contribution in [0.2, 0.25) is 0 Å². The number of unbranched alkanes of at least 4 members (excludes halogenated alkanes) is 35. The summed E-state index contributed by atoms with van der Waals surface area (Å²) < 4.78 is 5.94. The third-order valence-corrected chi connectivity index (χ3v) is 13.0. The van der Waals surface area contributed by atoms with E-state index in [9.17, 15) is 19.8 Å². The number of aliphatic hydroxyl groups excluding tert-OH is 2. The Balaban J connectivity index is 4.51. The minimum atomic E-state index is -0.788. The van der Waals surface area contributed by atoms with Gasteiger partial charge in [0.1, 0.15) is 6.10 Å². The molecule has 0 rings (SSSR count). The Morgan fingerprint density at radius 1 is 0.460 bits per heavy atom. The van der Waals surface area contributed by atoms with Gasteiger partial charge in [0.2, 0.25) is 5.91 Å². The highest BCUT2D eigenvalue weighted by Crippen LogP contribution is 2.19. The van der Waals surface area contributed by atoms with Gasteiger partial charge in [0.05, 0.1) is 25.2 Å². The molecule has 0 radical (unpaired) electrons. The molecule has 63 heavy (non-hydrogen) atoms. The molecule has 0 spiro atoms. The molecule has 3 N–H and O–H groups in total. The molecule has 0 bridgehead atoms. The molecule has 3 unspecified atom stereocenters. The second-order valence-electron chi connectivity index (χ2n) is 19.3. The molecule has 0 aliphatic heterocycles. The Hall–Kier alpha value is -1.66. The van der Waals surface area contributed by atoms with Gasteiger partial charge in [-0.05, 0) is 57.8 Å². The Labute approximate surface area is 392 Å². The summed E-state index contributed by atoms with van der Waals surface area (Å²) in [6, 6.07) is -0.702. The van der Waals surface area contributed by atoms with E-state index in [4.69, 9.17) is 4.74 Å². The molecule has 0 aliphatic carbocycles. The van der Waals surface area contributed by atoms with Gasteiger partial charge in [-0.2, -0.15) is 0 Å². The molecule has 0 saturated heterocycles. The maximum Gasteiger partial charge on any atom is 0.306 e. The molecule has 0 heterocycles. The van der Waals surface area contributed by atoms with Crippen LogP contribution in [0.3, 0.4) is 0 Å². The topological polar surface area (TPSA) is 95.9 Å². The maximum absolute atomic E-state index is 13.2. The highest BCUT2D eigenvalue weighted by Gasteiger charge is 2.24. The van der Waals surface area contributed by atoms with E-state index in [1.165, 1.54) is 193 Å². The zero-order chi connectivity index (χ0) is 45.9. The fourth-order valence-electron chi connectivity index (χ4n) is 8.76. The van der Waals surface area contributed by atoms with Gasteiger partial charge >= 0.3 is 5.97 Å². The summed E-state index contributed by atoms with van der Waals surface area (Å²) in [4.78, 5) is 26.2. The number of aliphatic hydroxyl groups is 2. The predicted octanol–water partition coefficient (Wildman–Crippen LogP) is 17.1. The number of carbonyl (C=O) groups is 2. The van der Waals surface area contributed by atoms with E-state index in [0.29, 0.717) is 19.3 Å². The molecule has 6 nitrogen and oxygen atoms in total. The standard InChI is InChI=1S/C57H109NO5/c1-4-7-10-13-16-19-22-25-27-28-30-32-34-37-40-43-46-49-55(60)54(52-59)58-56(61)51-53(48-45-42-39-36-33-31-29-26-23-20-17-14-11-8-5-2)63-57(62)50-47-44-41-38-35-24-21-18-15-12-9-6-3/h17,20,26,29,53-55,59-60H,4-16,18-19,21-25,27-28,30-52H2,1-3H3,(H,58,61)/b20-17-,29-26-. The first-order chi connectivity index (χ1) is 31.0. The van der Waals surface area contributed by atoms with Gasteiger partial charge in [-0.3, -0.25) is 9.59 Å². The normalized spacial score (nSPS) is 13.3. The molecule has 1 amide bonds. The zero-order valence-electron chi connectivity index (χ0n) is 42.5. The van der Waals surface area contributed by atoms with Crippen LogP contribution in [0.5, 0.6) is 0 Å². The quantitative estimate of drug-likeness (QED) is 0.0321. The summed E-state index contributed by atoms with van der Waals surface area (Å²) >= 11 is 0. The van der Waals surface area contributed by atoms with E-state index in [1.807, 2.05) is 0 Å². The van der Waals surface area contributed by atoms with Crippen LogP contribution < -0.4 is 5.32 Å². The van der Waals surface area contributed by atoms with Gasteiger partial charge in [-0.1, -0.05) is 257 Å². The zero-order valence-corrected chi connectivity index (χ0v) is 42.5. The van der Waals surface area contributed by atoms with Crippen LogP contribution in [-0.2, 0) is 14.3 Å². The predicted molar refractivity (Wildman–Crippen MR) is 273 cm³/mol. The van der Waals surface area contributed by atoms with Gasteiger partial charge in [0.25, 0.3) is 0 Å². The monoisotopic (exact) mass is 888 g/mol. The van der Waals surface area contributed by atoms with Crippen molar-refractivity contribution in [3.05, 3.63) is 24.3 Å². The second kappa shape index (κ2) is 51.3. The molecule has 6 heteroatoms. The molecule has 372 valence electrons. The minimum absolute atomic E-state index is 0.0738. The van der Waals surface area contributed by atoms with Crippen LogP contribution in [0.25, 0.3) is 0 Å². The van der Waals surface area contributed by atoms with Crippen LogP contribution in [0.15, 0.2) is 24.3 Å². The Morgan fingerprint density at radius 3 is 1.24 bits per heavy atom. The van der Waals surface area contributed by atoms with Gasteiger partial charge in [-0.15, -0.1) is 0 Å².